The van der Waals surface area contributed by atoms with Gasteiger partial charge in [-0.25, -0.2) is 4.68 Å². The van der Waals surface area contributed by atoms with Crippen LogP contribution in [-0.2, 0) is 4.79 Å². The first-order valence-electron chi connectivity index (χ1n) is 5.89. The quantitative estimate of drug-likeness (QED) is 0.824. The lowest BCUT2D eigenvalue weighted by Crippen LogP contribution is -2.36. The second-order valence-corrected chi connectivity index (χ2v) is 3.99. The van der Waals surface area contributed by atoms with E-state index in [1.165, 1.54) is 4.68 Å². The highest BCUT2D eigenvalue weighted by atomic mass is 16.3. The van der Waals surface area contributed by atoms with E-state index in [4.69, 9.17) is 0 Å². The van der Waals surface area contributed by atoms with Gasteiger partial charge in [-0.05, 0) is 27.7 Å². The molecule has 0 saturated heterocycles. The third-order valence-corrected chi connectivity index (χ3v) is 2.79. The van der Waals surface area contributed by atoms with Crippen molar-refractivity contribution < 1.29 is 9.90 Å². The number of aliphatic hydroxyl groups excluding tert-OH is 1. The molecule has 17 heavy (non-hydrogen) atoms. The first kappa shape index (κ1) is 13.6. The Labute approximate surface area is 101 Å². The number of likely N-dealkylation sites (N-methyl/N-ethyl adjacent to an activating group) is 1. The third kappa shape index (κ3) is 3.03. The summed E-state index contributed by atoms with van der Waals surface area (Å²) >= 11 is 0. The summed E-state index contributed by atoms with van der Waals surface area (Å²) < 4.78 is 1.49. The van der Waals surface area contributed by atoms with E-state index >= 15 is 0 Å². The van der Waals surface area contributed by atoms with Crippen LogP contribution in [0.2, 0.25) is 0 Å². The van der Waals surface area contributed by atoms with Crippen LogP contribution < -0.4 is 0 Å². The summed E-state index contributed by atoms with van der Waals surface area (Å²) in [7, 11) is 0. The third-order valence-electron chi connectivity index (χ3n) is 2.79. The van der Waals surface area contributed by atoms with Gasteiger partial charge < -0.3 is 10.0 Å². The zero-order chi connectivity index (χ0) is 13.0. The normalized spacial score (nSPS) is 14.4. The van der Waals surface area contributed by atoms with Gasteiger partial charge in [-0.15, -0.1) is 5.10 Å². The molecule has 0 fully saturated rings. The lowest BCUT2D eigenvalue weighted by atomic mass is 10.2. The Kier molecular flexibility index (Phi) is 4.62. The van der Waals surface area contributed by atoms with Crippen molar-refractivity contribution in [1.82, 2.24) is 19.9 Å². The maximum Gasteiger partial charge on any atom is 0.247 e. The number of aromatic nitrogens is 3. The smallest absolute Gasteiger partial charge is 0.247 e. The van der Waals surface area contributed by atoms with Crippen LogP contribution in [0.5, 0.6) is 0 Å². The summed E-state index contributed by atoms with van der Waals surface area (Å²) in [5, 5.41) is 17.0. The molecule has 6 heteroatoms. The van der Waals surface area contributed by atoms with Crippen molar-refractivity contribution in [3.8, 4) is 0 Å². The molecule has 0 aromatic carbocycles. The maximum absolute atomic E-state index is 12.1. The van der Waals surface area contributed by atoms with E-state index in [2.05, 4.69) is 10.3 Å². The number of carbonyl (C=O) groups excluding carboxylic acids is 1. The molecule has 1 heterocycles. The predicted octanol–water partition coefficient (Wildman–Crippen LogP) is 0.761. The summed E-state index contributed by atoms with van der Waals surface area (Å²) in [6.45, 7) is 8.63. The van der Waals surface area contributed by atoms with E-state index in [-0.39, 0.29) is 5.91 Å². The van der Waals surface area contributed by atoms with E-state index in [9.17, 15) is 9.90 Å². The Hall–Kier alpha value is -1.43. The van der Waals surface area contributed by atoms with E-state index in [0.29, 0.717) is 18.8 Å². The van der Waals surface area contributed by atoms with Gasteiger partial charge >= 0.3 is 0 Å². The van der Waals surface area contributed by atoms with Gasteiger partial charge in [0, 0.05) is 13.1 Å². The first-order chi connectivity index (χ1) is 8.01. The van der Waals surface area contributed by atoms with Gasteiger partial charge in [-0.1, -0.05) is 5.21 Å². The number of nitrogens with zero attached hydrogens (tertiary/aromatic N) is 4. The molecule has 1 rings (SSSR count). The lowest BCUT2D eigenvalue weighted by Gasteiger charge is -2.22. The van der Waals surface area contributed by atoms with E-state index in [1.54, 1.807) is 24.9 Å². The van der Waals surface area contributed by atoms with Gasteiger partial charge in [0.2, 0.25) is 5.91 Å². The van der Waals surface area contributed by atoms with Crippen molar-refractivity contribution in [2.45, 2.75) is 39.8 Å². The number of carbonyl (C=O) groups is 1. The van der Waals surface area contributed by atoms with Crippen molar-refractivity contribution >= 4 is 5.91 Å². The molecule has 1 aromatic heterocycles. The van der Waals surface area contributed by atoms with E-state index in [1.807, 2.05) is 13.8 Å². The zero-order valence-corrected chi connectivity index (χ0v) is 10.8. The van der Waals surface area contributed by atoms with Gasteiger partial charge in [0.25, 0.3) is 0 Å². The van der Waals surface area contributed by atoms with Crippen LogP contribution in [0.1, 0.15) is 45.5 Å². The molecule has 1 aromatic rings. The minimum atomic E-state index is -0.667. The largest absolute Gasteiger partial charge is 0.387 e. The fourth-order valence-electron chi connectivity index (χ4n) is 1.58. The van der Waals surface area contributed by atoms with Crippen molar-refractivity contribution in [1.29, 1.82) is 0 Å². The SMILES string of the molecule is CCN(CC)C(=O)C(C)n1cc(C(C)O)nn1. The minimum Gasteiger partial charge on any atom is -0.387 e. The average Bonchev–Trinajstić information content (AvgIpc) is 2.78. The second-order valence-electron chi connectivity index (χ2n) is 3.99. The standard InChI is InChI=1S/C11H20N4O2/c1-5-14(6-2)11(17)8(3)15-7-10(9(4)16)12-13-15/h7-9,16H,5-6H2,1-4H3. The molecule has 0 spiro atoms. The minimum absolute atomic E-state index is 0.0112. The van der Waals surface area contributed by atoms with Gasteiger partial charge in [-0.2, -0.15) is 0 Å². The molecule has 0 radical (unpaired) electrons. The van der Waals surface area contributed by atoms with Gasteiger partial charge in [0.15, 0.2) is 0 Å². The summed E-state index contributed by atoms with van der Waals surface area (Å²) in [6, 6.07) is -0.394. The molecule has 6 nitrogen and oxygen atoms in total. The average molecular weight is 240 g/mol. The Morgan fingerprint density at radius 2 is 2.06 bits per heavy atom. The Bertz CT molecular complexity index is 371. The van der Waals surface area contributed by atoms with Crippen molar-refractivity contribution in [2.75, 3.05) is 13.1 Å². The molecule has 0 aliphatic rings. The monoisotopic (exact) mass is 240 g/mol. The molecule has 0 aliphatic heterocycles. The summed E-state index contributed by atoms with van der Waals surface area (Å²) in [6.07, 6.45) is 0.941. The molecule has 1 N–H and O–H groups in total. The Morgan fingerprint density at radius 1 is 1.47 bits per heavy atom. The first-order valence-corrected chi connectivity index (χ1v) is 5.89. The highest BCUT2D eigenvalue weighted by molar-refractivity contribution is 5.79. The van der Waals surface area contributed by atoms with Crippen molar-refractivity contribution in [2.24, 2.45) is 0 Å². The summed E-state index contributed by atoms with van der Waals surface area (Å²) in [5.74, 6) is 0.0112. The van der Waals surface area contributed by atoms with Gasteiger partial charge in [0.1, 0.15) is 11.7 Å². The van der Waals surface area contributed by atoms with Crippen LogP contribution in [0.15, 0.2) is 6.20 Å². The van der Waals surface area contributed by atoms with Crippen LogP contribution in [-0.4, -0.2) is 44.0 Å². The highest BCUT2D eigenvalue weighted by Gasteiger charge is 2.21. The summed E-state index contributed by atoms with van der Waals surface area (Å²) in [5.41, 5.74) is 0.476. The second kappa shape index (κ2) is 5.77. The fraction of sp³-hybridized carbons (Fsp3) is 0.727. The molecule has 0 aliphatic carbocycles. The van der Waals surface area contributed by atoms with E-state index < -0.39 is 12.1 Å². The predicted molar refractivity (Wildman–Crippen MR) is 63.3 cm³/mol. The van der Waals surface area contributed by atoms with Crippen molar-refractivity contribution in [3.05, 3.63) is 11.9 Å². The van der Waals surface area contributed by atoms with Crippen LogP contribution in [0.3, 0.4) is 0 Å². The Balaban J connectivity index is 2.81. The summed E-state index contributed by atoms with van der Waals surface area (Å²) in [4.78, 5) is 13.8. The topological polar surface area (TPSA) is 71.2 Å². The number of hydrogen-bond donors (Lipinski definition) is 1. The number of hydrogen-bond acceptors (Lipinski definition) is 4. The van der Waals surface area contributed by atoms with Crippen LogP contribution >= 0.6 is 0 Å². The van der Waals surface area contributed by atoms with E-state index in [0.717, 1.165) is 0 Å². The zero-order valence-electron chi connectivity index (χ0n) is 10.8. The fourth-order valence-corrected chi connectivity index (χ4v) is 1.58. The number of rotatable bonds is 5. The highest BCUT2D eigenvalue weighted by Crippen LogP contribution is 2.12. The number of amides is 1. The molecule has 1 amide bonds. The lowest BCUT2D eigenvalue weighted by molar-refractivity contribution is -0.134. The molecular formula is C11H20N4O2. The maximum atomic E-state index is 12.1. The molecular weight excluding hydrogens is 220 g/mol. The van der Waals surface area contributed by atoms with Crippen molar-refractivity contribution in [3.63, 3.8) is 0 Å². The molecule has 0 saturated carbocycles. The molecule has 0 bridgehead atoms. The Morgan fingerprint density at radius 3 is 2.47 bits per heavy atom. The van der Waals surface area contributed by atoms with Gasteiger partial charge in [-0.3, -0.25) is 4.79 Å². The molecule has 2 atom stereocenters. The van der Waals surface area contributed by atoms with Crippen LogP contribution in [0, 0.1) is 0 Å². The van der Waals surface area contributed by atoms with Crippen LogP contribution in [0.25, 0.3) is 0 Å². The molecule has 2 unspecified atom stereocenters. The van der Waals surface area contributed by atoms with Gasteiger partial charge in [0.05, 0.1) is 12.3 Å². The van der Waals surface area contributed by atoms with Crippen LogP contribution in [0.4, 0.5) is 0 Å². The number of aliphatic hydroxyl groups is 1. The molecule has 96 valence electrons.